The Bertz CT molecular complexity index is 634. The molecule has 2 N–H and O–H groups in total. The van der Waals surface area contributed by atoms with Crippen LogP contribution in [0.5, 0.6) is 5.75 Å². The number of ether oxygens (including phenoxy) is 3. The molecule has 10 heteroatoms. The summed E-state index contributed by atoms with van der Waals surface area (Å²) in [5, 5.41) is 31.9. The van der Waals surface area contributed by atoms with Crippen LogP contribution in [0.2, 0.25) is 0 Å². The van der Waals surface area contributed by atoms with Gasteiger partial charge in [-0.05, 0) is 12.5 Å². The molecule has 0 saturated carbocycles. The molecule has 0 amide bonds. The molecule has 0 bridgehead atoms. The first-order chi connectivity index (χ1) is 12.0. The van der Waals surface area contributed by atoms with Gasteiger partial charge in [0.1, 0.15) is 24.4 Å². The second-order valence-electron chi connectivity index (χ2n) is 5.44. The summed E-state index contributed by atoms with van der Waals surface area (Å²) < 4.78 is 33.3. The zero-order valence-electron chi connectivity index (χ0n) is 13.3. The molecule has 2 fully saturated rings. The molecule has 0 aliphatic carbocycles. The van der Waals surface area contributed by atoms with Crippen molar-refractivity contribution in [1.82, 2.24) is 0 Å². The molecular weight excluding hydrogens is 373 g/mol. The maximum absolute atomic E-state index is 11.6. The topological polar surface area (TPSA) is 138 Å². The van der Waals surface area contributed by atoms with Crippen molar-refractivity contribution in [3.8, 4) is 5.75 Å². The second kappa shape index (κ2) is 9.39. The summed E-state index contributed by atoms with van der Waals surface area (Å²) in [5.74, 6) is -0.173. The van der Waals surface area contributed by atoms with E-state index in [9.17, 15) is 15.3 Å². The Labute approximate surface area is 150 Å². The molecule has 3 rings (SSSR count). The number of aliphatic hydroxyl groups excluding tert-OH is 2. The van der Waals surface area contributed by atoms with Gasteiger partial charge in [-0.3, -0.25) is 4.99 Å². The van der Waals surface area contributed by atoms with E-state index < -0.39 is 53.1 Å². The quantitative estimate of drug-likeness (QED) is 0.622. The molecule has 0 aromatic heterocycles. The van der Waals surface area contributed by atoms with E-state index in [0.29, 0.717) is 5.56 Å². The van der Waals surface area contributed by atoms with E-state index in [2.05, 4.69) is 4.99 Å². The van der Waals surface area contributed by atoms with Crippen molar-refractivity contribution in [2.24, 2.45) is 4.99 Å². The number of aliphatic imine (C=N–C) groups is 1. The van der Waals surface area contributed by atoms with Crippen molar-refractivity contribution in [3.63, 3.8) is 0 Å². The summed E-state index contributed by atoms with van der Waals surface area (Å²) >= 11 is -1.81. The number of hydrogen-bond acceptors (Lipinski definition) is 9. The third kappa shape index (κ3) is 5.08. The predicted molar refractivity (Wildman–Crippen MR) is 75.8 cm³/mol. The Kier molecular flexibility index (Phi) is 7.51. The molecule has 0 spiro atoms. The van der Waals surface area contributed by atoms with Crippen molar-refractivity contribution in [2.75, 3.05) is 6.61 Å². The van der Waals surface area contributed by atoms with Crippen molar-refractivity contribution in [3.05, 3.63) is 29.8 Å². The fraction of sp³-hybridized carbons (Fsp3) is 0.533. The van der Waals surface area contributed by atoms with E-state index in [1.54, 1.807) is 25.1 Å². The summed E-state index contributed by atoms with van der Waals surface area (Å²) in [6, 6.07) is 6.40. The molecule has 9 nitrogen and oxygen atoms in total. The number of rotatable bonds is 2. The standard InChI is InChI=1S/C15H19NO6.2O.V/c1-8-20-7-11-14(21-8)12(18)13(19)15(22-11)16-6-9-4-2-3-5-10(9)17;;;/h2-6,8,11-15,17-19H,7H2,1H3;;;/p-1. The third-order valence-electron chi connectivity index (χ3n) is 3.78. The fourth-order valence-corrected chi connectivity index (χ4v) is 2.58. The van der Waals surface area contributed by atoms with Gasteiger partial charge in [0.2, 0.25) is 0 Å². The normalized spacial score (nSPS) is 34.5. The van der Waals surface area contributed by atoms with Gasteiger partial charge < -0.3 is 29.5 Å². The van der Waals surface area contributed by atoms with E-state index in [1.165, 1.54) is 12.3 Å². The monoisotopic (exact) mass is 391 g/mol. The molecule has 2 saturated heterocycles. The van der Waals surface area contributed by atoms with Gasteiger partial charge in [0, 0.05) is 6.21 Å². The van der Waals surface area contributed by atoms with Crippen LogP contribution in [-0.2, 0) is 37.7 Å². The number of nitrogens with zero attached hydrogens (tertiary/aromatic N) is 1. The van der Waals surface area contributed by atoms with E-state index in [1.807, 2.05) is 0 Å². The molecule has 1 aromatic rings. The van der Waals surface area contributed by atoms with Crippen LogP contribution in [0.15, 0.2) is 29.3 Å². The summed E-state index contributed by atoms with van der Waals surface area (Å²) in [6.07, 6.45) is -3.63. The fourth-order valence-electron chi connectivity index (χ4n) is 2.58. The molecule has 6 atom stereocenters. The van der Waals surface area contributed by atoms with Crippen molar-refractivity contribution in [2.45, 2.75) is 43.9 Å². The first-order valence-electron chi connectivity index (χ1n) is 7.50. The maximum atomic E-state index is 11.6. The van der Waals surface area contributed by atoms with Crippen molar-refractivity contribution in [1.29, 1.82) is 0 Å². The van der Waals surface area contributed by atoms with E-state index in [-0.39, 0.29) is 12.4 Å². The minimum atomic E-state index is -1.81. The van der Waals surface area contributed by atoms with Crippen LogP contribution in [-0.4, -0.2) is 60.0 Å². The zero-order valence-corrected chi connectivity index (χ0v) is 14.7. The van der Waals surface area contributed by atoms with Crippen LogP contribution in [0.3, 0.4) is 0 Å². The Balaban J connectivity index is 0.000000701. The predicted octanol–water partition coefficient (Wildman–Crippen LogP) is -0.853. The number of benzene rings is 1. The number of para-hydroxylation sites is 1. The van der Waals surface area contributed by atoms with E-state index in [0.717, 1.165) is 0 Å². The van der Waals surface area contributed by atoms with Gasteiger partial charge in [0.15, 0.2) is 12.5 Å². The second-order valence-corrected chi connectivity index (χ2v) is 5.67. The molecule has 25 heavy (non-hydrogen) atoms. The van der Waals surface area contributed by atoms with Crippen LogP contribution in [0.1, 0.15) is 12.5 Å². The van der Waals surface area contributed by atoms with Gasteiger partial charge in [-0.1, -0.05) is 24.3 Å². The van der Waals surface area contributed by atoms with Crippen LogP contribution in [0, 0.1) is 0 Å². The number of aliphatic hydroxyl groups is 2. The Hall–Kier alpha value is -1.33. The molecule has 2 aliphatic heterocycles. The van der Waals surface area contributed by atoms with Gasteiger partial charge in [-0.2, -0.15) is 0 Å². The van der Waals surface area contributed by atoms with Gasteiger partial charge in [-0.25, -0.2) is 0 Å². The van der Waals surface area contributed by atoms with Gasteiger partial charge >= 0.3 is 23.5 Å². The van der Waals surface area contributed by atoms with Crippen LogP contribution in [0.4, 0.5) is 0 Å². The molecule has 137 valence electrons. The molecule has 1 aromatic carbocycles. The summed E-state index contributed by atoms with van der Waals surface area (Å²) in [7, 11) is 0. The molecular formula is C15H18NO8V-. The first-order valence-corrected chi connectivity index (χ1v) is 8.64. The Morgan fingerprint density at radius 3 is 2.60 bits per heavy atom. The van der Waals surface area contributed by atoms with E-state index >= 15 is 0 Å². The molecule has 0 radical (unpaired) electrons. The average Bonchev–Trinajstić information content (AvgIpc) is 2.59. The van der Waals surface area contributed by atoms with Crippen molar-refractivity contribution >= 4 is 6.21 Å². The Morgan fingerprint density at radius 1 is 1.24 bits per heavy atom. The van der Waals surface area contributed by atoms with Gasteiger partial charge in [0.25, 0.3) is 0 Å². The van der Waals surface area contributed by atoms with Crippen LogP contribution >= 0.6 is 0 Å². The molecule has 2 aliphatic rings. The van der Waals surface area contributed by atoms with Crippen LogP contribution in [0.25, 0.3) is 0 Å². The van der Waals surface area contributed by atoms with Gasteiger partial charge in [-0.15, -0.1) is 5.75 Å². The van der Waals surface area contributed by atoms with E-state index in [4.69, 9.17) is 21.6 Å². The average molecular weight is 391 g/mol. The Morgan fingerprint density at radius 2 is 1.92 bits per heavy atom. The molecule has 2 heterocycles. The van der Waals surface area contributed by atoms with Gasteiger partial charge in [0.05, 0.1) is 6.61 Å². The summed E-state index contributed by atoms with van der Waals surface area (Å²) in [5.41, 5.74) is 0.389. The number of hydrogen-bond donors (Lipinski definition) is 2. The summed E-state index contributed by atoms with van der Waals surface area (Å²) in [4.78, 5) is 4.09. The number of fused-ring (bicyclic) bond motifs is 1. The first kappa shape index (κ1) is 20.0. The van der Waals surface area contributed by atoms with Crippen molar-refractivity contribution < 1.29 is 53.1 Å². The SMILES string of the molecule is CC1OCC2OC(N=Cc3ccccc3[O-])C(O)C(O)C2O1.[O]=[V]=[O]. The zero-order chi connectivity index (χ0) is 18.4. The third-order valence-corrected chi connectivity index (χ3v) is 3.78. The molecule has 6 unspecified atom stereocenters. The minimum absolute atomic E-state index is 0.173. The van der Waals surface area contributed by atoms with Crippen LogP contribution < -0.4 is 5.11 Å². The summed E-state index contributed by atoms with van der Waals surface area (Å²) in [6.45, 7) is 1.96.